The van der Waals surface area contributed by atoms with Crippen LogP contribution < -0.4 is 10.1 Å². The highest BCUT2D eigenvalue weighted by Crippen LogP contribution is 2.15. The van der Waals surface area contributed by atoms with Crippen LogP contribution in [0.2, 0.25) is 0 Å². The highest BCUT2D eigenvalue weighted by atomic mass is 19.1. The van der Waals surface area contributed by atoms with E-state index in [2.05, 4.69) is 10.2 Å². The van der Waals surface area contributed by atoms with Crippen LogP contribution in [0.5, 0.6) is 5.75 Å². The molecule has 0 atom stereocenters. The van der Waals surface area contributed by atoms with Crippen LogP contribution >= 0.6 is 0 Å². The number of benzene rings is 1. The first-order chi connectivity index (χ1) is 12.4. The van der Waals surface area contributed by atoms with Gasteiger partial charge in [0, 0.05) is 19.1 Å². The topological polar surface area (TPSA) is 82.1 Å². The number of carbonyl (C=O) groups excluding carboxylic acids is 1. The molecule has 0 aliphatic carbocycles. The van der Waals surface area contributed by atoms with Gasteiger partial charge in [-0.2, -0.15) is 0 Å². The average Bonchev–Trinajstić information content (AvgIpc) is 2.60. The highest BCUT2D eigenvalue weighted by Gasteiger charge is 2.24. The second-order valence-corrected chi connectivity index (χ2v) is 6.47. The maximum absolute atomic E-state index is 12.8. The molecule has 0 aromatic heterocycles. The molecular formula is C18H26FN3O4. The molecule has 2 rings (SSSR count). The first kappa shape index (κ1) is 20.1. The molecule has 0 radical (unpaired) electrons. The van der Waals surface area contributed by atoms with E-state index in [0.717, 1.165) is 25.9 Å². The van der Waals surface area contributed by atoms with Gasteiger partial charge in [-0.05, 0) is 44.2 Å². The minimum Gasteiger partial charge on any atom is -0.492 e. The predicted octanol–water partition coefficient (Wildman–Crippen LogP) is 0.802. The summed E-state index contributed by atoms with van der Waals surface area (Å²) < 4.78 is 18.2. The maximum atomic E-state index is 12.8. The number of nitrogens with zero attached hydrogens (tertiary/aromatic N) is 2. The molecule has 26 heavy (non-hydrogen) atoms. The second kappa shape index (κ2) is 10.1. The van der Waals surface area contributed by atoms with Gasteiger partial charge < -0.3 is 15.2 Å². The van der Waals surface area contributed by atoms with Crippen LogP contribution in [0.25, 0.3) is 0 Å². The number of halogens is 1. The number of nitrogens with one attached hydrogen (secondary N) is 1. The summed E-state index contributed by atoms with van der Waals surface area (Å²) in [7, 11) is 1.82. The zero-order valence-corrected chi connectivity index (χ0v) is 15.0. The molecule has 1 aliphatic heterocycles. The molecular weight excluding hydrogens is 341 g/mol. The molecule has 1 fully saturated rings. The summed E-state index contributed by atoms with van der Waals surface area (Å²) in [5.41, 5.74) is 0. The molecule has 2 N–H and O–H groups in total. The summed E-state index contributed by atoms with van der Waals surface area (Å²) in [4.78, 5) is 26.7. The van der Waals surface area contributed by atoms with Gasteiger partial charge in [0.05, 0.1) is 19.6 Å². The first-order valence-electron chi connectivity index (χ1n) is 8.73. The smallest absolute Gasteiger partial charge is 0.317 e. The fourth-order valence-corrected chi connectivity index (χ4v) is 3.01. The number of aliphatic carboxylic acids is 1. The van der Waals surface area contributed by atoms with E-state index in [4.69, 9.17) is 9.84 Å². The number of rotatable bonds is 9. The van der Waals surface area contributed by atoms with Gasteiger partial charge in [-0.3, -0.25) is 19.4 Å². The number of hydrogen-bond donors (Lipinski definition) is 2. The van der Waals surface area contributed by atoms with E-state index in [1.807, 2.05) is 11.9 Å². The molecule has 0 bridgehead atoms. The van der Waals surface area contributed by atoms with Crippen LogP contribution in [-0.2, 0) is 9.59 Å². The van der Waals surface area contributed by atoms with Gasteiger partial charge in [0.15, 0.2) is 0 Å². The Balaban J connectivity index is 1.58. The number of carboxylic acids is 1. The Kier molecular flexibility index (Phi) is 7.80. The van der Waals surface area contributed by atoms with Crippen molar-refractivity contribution < 1.29 is 23.8 Å². The molecule has 1 aliphatic rings. The lowest BCUT2D eigenvalue weighted by atomic mass is 10.0. The van der Waals surface area contributed by atoms with Gasteiger partial charge in [-0.25, -0.2) is 4.39 Å². The molecule has 0 saturated carbocycles. The number of amides is 1. The van der Waals surface area contributed by atoms with Crippen molar-refractivity contribution in [1.82, 2.24) is 15.1 Å². The molecule has 144 valence electrons. The Morgan fingerprint density at radius 1 is 1.31 bits per heavy atom. The number of piperidine rings is 1. The molecule has 1 saturated heterocycles. The molecule has 7 nitrogen and oxygen atoms in total. The van der Waals surface area contributed by atoms with E-state index >= 15 is 0 Å². The molecule has 0 unspecified atom stereocenters. The molecule has 0 spiro atoms. The Hall–Kier alpha value is -2.19. The van der Waals surface area contributed by atoms with Crippen LogP contribution in [0.1, 0.15) is 12.8 Å². The van der Waals surface area contributed by atoms with Crippen molar-refractivity contribution in [2.75, 3.05) is 46.4 Å². The van der Waals surface area contributed by atoms with Gasteiger partial charge in [0.1, 0.15) is 18.2 Å². The van der Waals surface area contributed by atoms with Gasteiger partial charge in [0.2, 0.25) is 5.91 Å². The molecule has 1 aromatic rings. The number of carbonyl (C=O) groups is 2. The lowest BCUT2D eigenvalue weighted by Gasteiger charge is -2.35. The summed E-state index contributed by atoms with van der Waals surface area (Å²) in [6, 6.07) is 5.98. The molecule has 1 aromatic carbocycles. The number of carboxylic acid groups (broad SMARTS) is 1. The number of likely N-dealkylation sites (N-methyl/N-ethyl adjacent to an activating group) is 1. The number of ether oxygens (including phenoxy) is 1. The third-order valence-electron chi connectivity index (χ3n) is 4.44. The fourth-order valence-electron chi connectivity index (χ4n) is 3.01. The Morgan fingerprint density at radius 2 is 1.96 bits per heavy atom. The van der Waals surface area contributed by atoms with Crippen molar-refractivity contribution in [3.8, 4) is 5.75 Å². The van der Waals surface area contributed by atoms with Crippen LogP contribution in [0.3, 0.4) is 0 Å². The largest absolute Gasteiger partial charge is 0.492 e. The van der Waals surface area contributed by atoms with E-state index in [-0.39, 0.29) is 24.3 Å². The molecule has 1 heterocycles. The zero-order valence-electron chi connectivity index (χ0n) is 15.0. The van der Waals surface area contributed by atoms with Gasteiger partial charge in [0.25, 0.3) is 0 Å². The highest BCUT2D eigenvalue weighted by molar-refractivity contribution is 5.78. The second-order valence-electron chi connectivity index (χ2n) is 6.47. The third-order valence-corrected chi connectivity index (χ3v) is 4.44. The summed E-state index contributed by atoms with van der Waals surface area (Å²) >= 11 is 0. The monoisotopic (exact) mass is 367 g/mol. The SMILES string of the molecule is CN(CC(=O)O)C1CCN(CC(=O)NCCOc2ccc(F)cc2)CC1. The molecule has 8 heteroatoms. The van der Waals surface area contributed by atoms with E-state index < -0.39 is 5.97 Å². The maximum Gasteiger partial charge on any atom is 0.317 e. The normalized spacial score (nSPS) is 15.8. The van der Waals surface area contributed by atoms with Crippen molar-refractivity contribution in [3.63, 3.8) is 0 Å². The minimum atomic E-state index is -0.822. The Labute approximate surface area is 152 Å². The minimum absolute atomic E-state index is 0.0409. The lowest BCUT2D eigenvalue weighted by molar-refractivity contribution is -0.138. The van der Waals surface area contributed by atoms with Crippen LogP contribution in [0, 0.1) is 5.82 Å². The Morgan fingerprint density at radius 3 is 2.58 bits per heavy atom. The standard InChI is InChI=1S/C18H26FN3O4/c1-21(13-18(24)25)15-6-9-22(10-7-15)12-17(23)20-8-11-26-16-4-2-14(19)3-5-16/h2-5,15H,6-13H2,1H3,(H,20,23)(H,24,25). The van der Waals surface area contributed by atoms with Crippen molar-refractivity contribution in [3.05, 3.63) is 30.1 Å². The summed E-state index contributed by atoms with van der Waals surface area (Å²) in [6.45, 7) is 2.61. The molecule has 1 amide bonds. The van der Waals surface area contributed by atoms with Crippen molar-refractivity contribution >= 4 is 11.9 Å². The number of likely N-dealkylation sites (tertiary alicyclic amines) is 1. The van der Waals surface area contributed by atoms with Gasteiger partial charge in [-0.15, -0.1) is 0 Å². The first-order valence-corrected chi connectivity index (χ1v) is 8.73. The Bertz CT molecular complexity index is 589. The van der Waals surface area contributed by atoms with Crippen LogP contribution in [-0.4, -0.2) is 79.2 Å². The average molecular weight is 367 g/mol. The zero-order chi connectivity index (χ0) is 18.9. The van der Waals surface area contributed by atoms with Crippen molar-refractivity contribution in [2.24, 2.45) is 0 Å². The lowest BCUT2D eigenvalue weighted by Crippen LogP contribution is -2.47. The summed E-state index contributed by atoms with van der Waals surface area (Å²) in [6.07, 6.45) is 1.70. The van der Waals surface area contributed by atoms with Crippen LogP contribution in [0.4, 0.5) is 4.39 Å². The quantitative estimate of drug-likeness (QED) is 0.629. The van der Waals surface area contributed by atoms with Crippen molar-refractivity contribution in [1.29, 1.82) is 0 Å². The predicted molar refractivity (Wildman–Crippen MR) is 94.6 cm³/mol. The van der Waals surface area contributed by atoms with Gasteiger partial charge >= 0.3 is 5.97 Å². The fraction of sp³-hybridized carbons (Fsp3) is 0.556. The van der Waals surface area contributed by atoms with E-state index in [0.29, 0.717) is 25.4 Å². The third kappa shape index (κ3) is 6.97. The van der Waals surface area contributed by atoms with Crippen LogP contribution in [0.15, 0.2) is 24.3 Å². The van der Waals surface area contributed by atoms with Crippen molar-refractivity contribution in [2.45, 2.75) is 18.9 Å². The van der Waals surface area contributed by atoms with Gasteiger partial charge in [-0.1, -0.05) is 0 Å². The summed E-state index contributed by atoms with van der Waals surface area (Å²) in [5, 5.41) is 11.6. The van der Waals surface area contributed by atoms with E-state index in [1.54, 1.807) is 12.1 Å². The van der Waals surface area contributed by atoms with E-state index in [1.165, 1.54) is 12.1 Å². The van der Waals surface area contributed by atoms with E-state index in [9.17, 15) is 14.0 Å². The summed E-state index contributed by atoms with van der Waals surface area (Å²) in [5.74, 6) is -0.640. The number of hydrogen-bond acceptors (Lipinski definition) is 5.